The van der Waals surface area contributed by atoms with Crippen LogP contribution >= 0.6 is 0 Å². The number of nitrogens with zero attached hydrogens (tertiary/aromatic N) is 1. The Labute approximate surface area is 139 Å². The van der Waals surface area contributed by atoms with E-state index in [1.807, 2.05) is 26.0 Å². The highest BCUT2D eigenvalue weighted by Crippen LogP contribution is 2.24. The third kappa shape index (κ3) is 3.62. The molecule has 0 aliphatic carbocycles. The fourth-order valence-corrected chi connectivity index (χ4v) is 2.31. The van der Waals surface area contributed by atoms with Gasteiger partial charge in [0, 0.05) is 18.0 Å². The van der Waals surface area contributed by atoms with Crippen LogP contribution in [0.25, 0.3) is 0 Å². The van der Waals surface area contributed by atoms with E-state index in [-0.39, 0.29) is 24.5 Å². The van der Waals surface area contributed by atoms with Crippen LogP contribution in [0.1, 0.15) is 24.2 Å². The molecular weight excluding hydrogens is 308 g/mol. The average Bonchev–Trinajstić information content (AvgIpc) is 2.53. The molecule has 7 heteroatoms. The Morgan fingerprint density at radius 1 is 1.33 bits per heavy atom. The van der Waals surface area contributed by atoms with Crippen LogP contribution < -0.4 is 20.7 Å². The lowest BCUT2D eigenvalue weighted by Crippen LogP contribution is -2.28. The fourth-order valence-electron chi connectivity index (χ4n) is 2.31. The standard InChI is InChI=1S/C17H18N4O3/c1-10(2)24-13-5-3-4-12(7-13)20-17(23)11-6-14-16(18-8-11)19-9-15(22)21-14/h3-8,10H,9H2,1-2H3,(H,18,19)(H,20,23)(H,21,22). The van der Waals surface area contributed by atoms with E-state index in [9.17, 15) is 9.59 Å². The van der Waals surface area contributed by atoms with Gasteiger partial charge in [-0.25, -0.2) is 4.98 Å². The number of carbonyl (C=O) groups excluding carboxylic acids is 2. The van der Waals surface area contributed by atoms with Crippen molar-refractivity contribution in [2.75, 3.05) is 22.5 Å². The third-order valence-corrected chi connectivity index (χ3v) is 3.30. The zero-order chi connectivity index (χ0) is 17.1. The number of fused-ring (bicyclic) bond motifs is 1. The number of aromatic nitrogens is 1. The van der Waals surface area contributed by atoms with Crippen molar-refractivity contribution in [1.82, 2.24) is 4.98 Å². The lowest BCUT2D eigenvalue weighted by Gasteiger charge is -2.18. The van der Waals surface area contributed by atoms with Gasteiger partial charge in [0.1, 0.15) is 11.6 Å². The Bertz CT molecular complexity index is 789. The largest absolute Gasteiger partial charge is 0.491 e. The summed E-state index contributed by atoms with van der Waals surface area (Å²) < 4.78 is 5.61. The van der Waals surface area contributed by atoms with Crippen LogP contribution in [0.2, 0.25) is 0 Å². The van der Waals surface area contributed by atoms with E-state index in [1.54, 1.807) is 18.2 Å². The topological polar surface area (TPSA) is 92.3 Å². The number of carbonyl (C=O) groups is 2. The number of benzene rings is 1. The van der Waals surface area contributed by atoms with Crippen molar-refractivity contribution in [1.29, 1.82) is 0 Å². The van der Waals surface area contributed by atoms with Gasteiger partial charge in [-0.05, 0) is 32.0 Å². The molecule has 0 fully saturated rings. The minimum Gasteiger partial charge on any atom is -0.491 e. The van der Waals surface area contributed by atoms with E-state index in [1.165, 1.54) is 6.20 Å². The van der Waals surface area contributed by atoms with Crippen LogP contribution in [0.15, 0.2) is 36.5 Å². The first-order chi connectivity index (χ1) is 11.5. The average molecular weight is 326 g/mol. The molecule has 1 aliphatic rings. The van der Waals surface area contributed by atoms with Crippen molar-refractivity contribution in [2.45, 2.75) is 20.0 Å². The second kappa shape index (κ2) is 6.57. The number of anilines is 3. The van der Waals surface area contributed by atoms with Crippen molar-refractivity contribution >= 4 is 29.0 Å². The highest BCUT2D eigenvalue weighted by molar-refractivity contribution is 6.07. The summed E-state index contributed by atoms with van der Waals surface area (Å²) in [6, 6.07) is 8.77. The molecule has 2 amide bonds. The van der Waals surface area contributed by atoms with Crippen LogP contribution in [0, 0.1) is 0 Å². The van der Waals surface area contributed by atoms with E-state index in [4.69, 9.17) is 4.74 Å². The van der Waals surface area contributed by atoms with E-state index in [0.29, 0.717) is 28.5 Å². The first-order valence-corrected chi connectivity index (χ1v) is 7.63. The number of ether oxygens (including phenoxy) is 1. The molecule has 24 heavy (non-hydrogen) atoms. The van der Waals surface area contributed by atoms with Gasteiger partial charge in [-0.3, -0.25) is 9.59 Å². The summed E-state index contributed by atoms with van der Waals surface area (Å²) in [4.78, 5) is 28.0. The quantitative estimate of drug-likeness (QED) is 0.803. The molecule has 0 bridgehead atoms. The first kappa shape index (κ1) is 15.8. The second-order valence-corrected chi connectivity index (χ2v) is 5.67. The summed E-state index contributed by atoms with van der Waals surface area (Å²) in [5, 5.41) is 8.37. The predicted molar refractivity (Wildman–Crippen MR) is 91.5 cm³/mol. The number of hydrogen-bond acceptors (Lipinski definition) is 5. The number of amides is 2. The zero-order valence-electron chi connectivity index (χ0n) is 13.4. The smallest absolute Gasteiger partial charge is 0.257 e. The molecule has 0 saturated heterocycles. The summed E-state index contributed by atoms with van der Waals surface area (Å²) in [5.74, 6) is 0.758. The summed E-state index contributed by atoms with van der Waals surface area (Å²) in [7, 11) is 0. The SMILES string of the molecule is CC(C)Oc1cccc(NC(=O)c2cnc3c(c2)NC(=O)CN3)c1. The van der Waals surface area contributed by atoms with Gasteiger partial charge >= 0.3 is 0 Å². The molecular formula is C17H18N4O3. The Balaban J connectivity index is 1.75. The molecule has 1 aliphatic heterocycles. The summed E-state index contributed by atoms with van der Waals surface area (Å²) >= 11 is 0. The summed E-state index contributed by atoms with van der Waals surface area (Å²) in [5.41, 5.74) is 1.47. The second-order valence-electron chi connectivity index (χ2n) is 5.67. The Hall–Kier alpha value is -3.09. The van der Waals surface area contributed by atoms with Gasteiger partial charge in [-0.2, -0.15) is 0 Å². The molecule has 2 heterocycles. The minimum absolute atomic E-state index is 0.0527. The molecule has 0 radical (unpaired) electrons. The number of nitrogens with one attached hydrogen (secondary N) is 3. The van der Waals surface area contributed by atoms with Crippen molar-refractivity contribution in [3.63, 3.8) is 0 Å². The van der Waals surface area contributed by atoms with Crippen molar-refractivity contribution in [3.05, 3.63) is 42.1 Å². The summed E-state index contributed by atoms with van der Waals surface area (Å²) in [6.07, 6.45) is 1.52. The van der Waals surface area contributed by atoms with Crippen LogP contribution in [-0.2, 0) is 4.79 Å². The molecule has 7 nitrogen and oxygen atoms in total. The normalized spacial score (nSPS) is 12.9. The van der Waals surface area contributed by atoms with Gasteiger partial charge in [0.05, 0.1) is 23.9 Å². The number of pyridine rings is 1. The molecule has 3 rings (SSSR count). The zero-order valence-corrected chi connectivity index (χ0v) is 13.4. The highest BCUT2D eigenvalue weighted by atomic mass is 16.5. The van der Waals surface area contributed by atoms with Crippen molar-refractivity contribution in [3.8, 4) is 5.75 Å². The Morgan fingerprint density at radius 3 is 2.96 bits per heavy atom. The molecule has 0 saturated carbocycles. The van der Waals surface area contributed by atoms with Gasteiger partial charge in [0.2, 0.25) is 5.91 Å². The molecule has 0 atom stereocenters. The maximum absolute atomic E-state index is 12.4. The lowest BCUT2D eigenvalue weighted by atomic mass is 10.2. The maximum Gasteiger partial charge on any atom is 0.257 e. The van der Waals surface area contributed by atoms with Crippen molar-refractivity contribution < 1.29 is 14.3 Å². The van der Waals surface area contributed by atoms with E-state index < -0.39 is 0 Å². The Morgan fingerprint density at radius 2 is 2.17 bits per heavy atom. The molecule has 3 N–H and O–H groups in total. The molecule has 124 valence electrons. The van der Waals surface area contributed by atoms with Crippen LogP contribution in [-0.4, -0.2) is 29.4 Å². The van der Waals surface area contributed by atoms with Crippen LogP contribution in [0.3, 0.4) is 0 Å². The van der Waals surface area contributed by atoms with Crippen molar-refractivity contribution in [2.24, 2.45) is 0 Å². The third-order valence-electron chi connectivity index (χ3n) is 3.30. The monoisotopic (exact) mass is 326 g/mol. The lowest BCUT2D eigenvalue weighted by molar-refractivity contribution is -0.114. The van der Waals surface area contributed by atoms with E-state index in [2.05, 4.69) is 20.9 Å². The molecule has 0 unspecified atom stereocenters. The molecule has 2 aromatic rings. The van der Waals surface area contributed by atoms with Gasteiger partial charge in [-0.1, -0.05) is 6.07 Å². The molecule has 1 aromatic carbocycles. The van der Waals surface area contributed by atoms with E-state index >= 15 is 0 Å². The van der Waals surface area contributed by atoms with E-state index in [0.717, 1.165) is 0 Å². The van der Waals surface area contributed by atoms with Gasteiger partial charge < -0.3 is 20.7 Å². The maximum atomic E-state index is 12.4. The van der Waals surface area contributed by atoms with Gasteiger partial charge in [0.15, 0.2) is 0 Å². The van der Waals surface area contributed by atoms with Gasteiger partial charge in [0.25, 0.3) is 5.91 Å². The minimum atomic E-state index is -0.313. The highest BCUT2D eigenvalue weighted by Gasteiger charge is 2.17. The predicted octanol–water partition coefficient (Wildman–Crippen LogP) is 2.49. The molecule has 1 aromatic heterocycles. The molecule has 0 spiro atoms. The summed E-state index contributed by atoms with van der Waals surface area (Å²) in [6.45, 7) is 4.05. The van der Waals surface area contributed by atoms with Crippen LogP contribution in [0.5, 0.6) is 5.75 Å². The number of hydrogen-bond donors (Lipinski definition) is 3. The number of rotatable bonds is 4. The first-order valence-electron chi connectivity index (χ1n) is 7.63. The Kier molecular flexibility index (Phi) is 4.33. The van der Waals surface area contributed by atoms with Gasteiger partial charge in [-0.15, -0.1) is 0 Å². The van der Waals surface area contributed by atoms with Crippen LogP contribution in [0.4, 0.5) is 17.2 Å². The fraction of sp³-hybridized carbons (Fsp3) is 0.235.